The number of nitrogens with zero attached hydrogens (tertiary/aromatic N) is 2. The fraction of sp³-hybridized carbons (Fsp3) is 0.0833. The van der Waals surface area contributed by atoms with Gasteiger partial charge < -0.3 is 4.90 Å². The standard InChI is InChI=1S/C12H10BrFN2/c1-16(10-6-4-9(14)5-7-10)12-11(13)3-2-8-15-12/h2-8H,1H3. The van der Waals surface area contributed by atoms with E-state index in [4.69, 9.17) is 0 Å². The van der Waals surface area contributed by atoms with Crippen molar-refractivity contribution >= 4 is 27.4 Å². The van der Waals surface area contributed by atoms with Gasteiger partial charge in [-0.25, -0.2) is 9.37 Å². The van der Waals surface area contributed by atoms with E-state index in [0.717, 1.165) is 16.0 Å². The van der Waals surface area contributed by atoms with Crippen molar-refractivity contribution in [2.24, 2.45) is 0 Å². The zero-order valence-corrected chi connectivity index (χ0v) is 10.3. The molecule has 1 heterocycles. The van der Waals surface area contributed by atoms with Crippen LogP contribution in [0, 0.1) is 5.82 Å². The lowest BCUT2D eigenvalue weighted by Crippen LogP contribution is -2.11. The molecule has 0 saturated heterocycles. The number of anilines is 2. The maximum atomic E-state index is 12.8. The minimum atomic E-state index is -0.239. The van der Waals surface area contributed by atoms with Crippen molar-refractivity contribution in [2.45, 2.75) is 0 Å². The van der Waals surface area contributed by atoms with E-state index in [1.807, 2.05) is 24.1 Å². The fourth-order valence-corrected chi connectivity index (χ4v) is 1.93. The molecule has 0 aliphatic heterocycles. The highest BCUT2D eigenvalue weighted by Crippen LogP contribution is 2.28. The zero-order valence-electron chi connectivity index (χ0n) is 8.69. The molecule has 0 bridgehead atoms. The highest BCUT2D eigenvalue weighted by atomic mass is 79.9. The van der Waals surface area contributed by atoms with Crippen molar-refractivity contribution in [3.05, 3.63) is 52.9 Å². The Balaban J connectivity index is 2.35. The molecule has 0 aliphatic carbocycles. The highest BCUT2D eigenvalue weighted by molar-refractivity contribution is 9.10. The van der Waals surface area contributed by atoms with E-state index in [0.29, 0.717) is 0 Å². The summed E-state index contributed by atoms with van der Waals surface area (Å²) in [4.78, 5) is 6.15. The summed E-state index contributed by atoms with van der Waals surface area (Å²) in [5, 5.41) is 0. The molecular weight excluding hydrogens is 271 g/mol. The van der Waals surface area contributed by atoms with Crippen LogP contribution in [0.1, 0.15) is 0 Å². The van der Waals surface area contributed by atoms with E-state index < -0.39 is 0 Å². The van der Waals surface area contributed by atoms with Gasteiger partial charge in [0, 0.05) is 18.9 Å². The van der Waals surface area contributed by atoms with Gasteiger partial charge in [-0.2, -0.15) is 0 Å². The second-order valence-corrected chi connectivity index (χ2v) is 4.20. The van der Waals surface area contributed by atoms with Gasteiger partial charge in [-0.3, -0.25) is 0 Å². The minimum Gasteiger partial charge on any atom is -0.329 e. The Hall–Kier alpha value is -1.42. The van der Waals surface area contributed by atoms with Crippen LogP contribution in [-0.4, -0.2) is 12.0 Å². The Bertz CT molecular complexity index is 485. The molecule has 0 aliphatic rings. The topological polar surface area (TPSA) is 16.1 Å². The van der Waals surface area contributed by atoms with E-state index in [-0.39, 0.29) is 5.82 Å². The number of hydrogen-bond acceptors (Lipinski definition) is 2. The van der Waals surface area contributed by atoms with Crippen LogP contribution in [-0.2, 0) is 0 Å². The monoisotopic (exact) mass is 280 g/mol. The minimum absolute atomic E-state index is 0.239. The van der Waals surface area contributed by atoms with Crippen molar-refractivity contribution in [1.29, 1.82) is 0 Å². The SMILES string of the molecule is CN(c1ccc(F)cc1)c1ncccc1Br. The Labute approximate surface area is 102 Å². The summed E-state index contributed by atoms with van der Waals surface area (Å²) in [7, 11) is 1.89. The van der Waals surface area contributed by atoms with Gasteiger partial charge in [-0.05, 0) is 52.3 Å². The van der Waals surface area contributed by atoms with Crippen LogP contribution >= 0.6 is 15.9 Å². The first-order valence-corrected chi connectivity index (χ1v) is 5.57. The maximum absolute atomic E-state index is 12.8. The summed E-state index contributed by atoms with van der Waals surface area (Å²) in [6.45, 7) is 0. The Morgan fingerprint density at radius 2 is 1.88 bits per heavy atom. The first-order chi connectivity index (χ1) is 7.68. The lowest BCUT2D eigenvalue weighted by atomic mass is 10.3. The van der Waals surface area contributed by atoms with Crippen LogP contribution < -0.4 is 4.90 Å². The van der Waals surface area contributed by atoms with Crippen LogP contribution in [0.2, 0.25) is 0 Å². The third kappa shape index (κ3) is 2.22. The van der Waals surface area contributed by atoms with Gasteiger partial charge >= 0.3 is 0 Å². The van der Waals surface area contributed by atoms with E-state index >= 15 is 0 Å². The predicted octanol–water partition coefficient (Wildman–Crippen LogP) is 3.75. The van der Waals surface area contributed by atoms with Crippen molar-refractivity contribution in [3.63, 3.8) is 0 Å². The molecular formula is C12H10BrFN2. The third-order valence-electron chi connectivity index (χ3n) is 2.27. The van der Waals surface area contributed by atoms with Gasteiger partial charge in [0.05, 0.1) is 4.47 Å². The van der Waals surface area contributed by atoms with E-state index in [1.165, 1.54) is 12.1 Å². The number of aromatic nitrogens is 1. The molecule has 0 saturated carbocycles. The molecule has 4 heteroatoms. The Morgan fingerprint density at radius 3 is 2.50 bits per heavy atom. The number of halogens is 2. The lowest BCUT2D eigenvalue weighted by Gasteiger charge is -2.19. The second-order valence-electron chi connectivity index (χ2n) is 3.34. The summed E-state index contributed by atoms with van der Waals surface area (Å²) in [5.74, 6) is 0.561. The molecule has 0 N–H and O–H groups in total. The highest BCUT2D eigenvalue weighted by Gasteiger charge is 2.08. The summed E-state index contributed by atoms with van der Waals surface area (Å²) < 4.78 is 13.7. The smallest absolute Gasteiger partial charge is 0.147 e. The number of pyridine rings is 1. The van der Waals surface area contributed by atoms with E-state index in [9.17, 15) is 4.39 Å². The van der Waals surface area contributed by atoms with E-state index in [2.05, 4.69) is 20.9 Å². The molecule has 2 nitrogen and oxygen atoms in total. The molecule has 16 heavy (non-hydrogen) atoms. The Kier molecular flexibility index (Phi) is 3.19. The number of benzene rings is 1. The van der Waals surface area contributed by atoms with Gasteiger partial charge in [0.25, 0.3) is 0 Å². The van der Waals surface area contributed by atoms with Gasteiger partial charge in [-0.15, -0.1) is 0 Å². The summed E-state index contributed by atoms with van der Waals surface area (Å²) in [6.07, 6.45) is 1.72. The molecule has 0 atom stereocenters. The largest absolute Gasteiger partial charge is 0.329 e. The number of rotatable bonds is 2. The van der Waals surface area contributed by atoms with E-state index in [1.54, 1.807) is 18.3 Å². The number of hydrogen-bond donors (Lipinski definition) is 0. The van der Waals surface area contributed by atoms with Crippen LogP contribution in [0.25, 0.3) is 0 Å². The first-order valence-electron chi connectivity index (χ1n) is 4.78. The molecule has 2 aromatic rings. The average Bonchev–Trinajstić information content (AvgIpc) is 2.30. The molecule has 82 valence electrons. The normalized spacial score (nSPS) is 10.2. The van der Waals surface area contributed by atoms with Crippen LogP contribution in [0.4, 0.5) is 15.9 Å². The molecule has 0 unspecified atom stereocenters. The quantitative estimate of drug-likeness (QED) is 0.833. The van der Waals surface area contributed by atoms with Crippen LogP contribution in [0.5, 0.6) is 0 Å². The molecule has 0 fully saturated rings. The molecule has 1 aromatic heterocycles. The van der Waals surface area contributed by atoms with Crippen molar-refractivity contribution in [1.82, 2.24) is 4.98 Å². The molecule has 0 spiro atoms. The van der Waals surface area contributed by atoms with Crippen LogP contribution in [0.15, 0.2) is 47.1 Å². The van der Waals surface area contributed by atoms with Crippen molar-refractivity contribution in [3.8, 4) is 0 Å². The molecule has 1 aromatic carbocycles. The van der Waals surface area contributed by atoms with Crippen LogP contribution in [0.3, 0.4) is 0 Å². The molecule has 0 amide bonds. The maximum Gasteiger partial charge on any atom is 0.147 e. The summed E-state index contributed by atoms with van der Waals surface area (Å²) in [6, 6.07) is 10.1. The fourth-order valence-electron chi connectivity index (χ4n) is 1.41. The summed E-state index contributed by atoms with van der Waals surface area (Å²) >= 11 is 3.43. The third-order valence-corrected chi connectivity index (χ3v) is 2.89. The zero-order chi connectivity index (χ0) is 11.5. The molecule has 0 radical (unpaired) electrons. The average molecular weight is 281 g/mol. The van der Waals surface area contributed by atoms with Crippen molar-refractivity contribution in [2.75, 3.05) is 11.9 Å². The summed E-state index contributed by atoms with van der Waals surface area (Å²) in [5.41, 5.74) is 0.890. The van der Waals surface area contributed by atoms with Gasteiger partial charge in [0.15, 0.2) is 0 Å². The lowest BCUT2D eigenvalue weighted by molar-refractivity contribution is 0.628. The predicted molar refractivity (Wildman–Crippen MR) is 66.4 cm³/mol. The second kappa shape index (κ2) is 4.61. The Morgan fingerprint density at radius 1 is 1.19 bits per heavy atom. The van der Waals surface area contributed by atoms with Gasteiger partial charge in [0.2, 0.25) is 0 Å². The van der Waals surface area contributed by atoms with Gasteiger partial charge in [0.1, 0.15) is 11.6 Å². The first kappa shape index (κ1) is 11.1. The van der Waals surface area contributed by atoms with Crippen molar-refractivity contribution < 1.29 is 4.39 Å². The molecule has 2 rings (SSSR count). The van der Waals surface area contributed by atoms with Gasteiger partial charge in [-0.1, -0.05) is 0 Å².